The largest absolute Gasteiger partial charge is 0.365 e. The summed E-state index contributed by atoms with van der Waals surface area (Å²) in [6.45, 7) is 6.00. The van der Waals surface area contributed by atoms with Gasteiger partial charge in [-0.2, -0.15) is 0 Å². The minimum atomic E-state index is -0.482. The first kappa shape index (κ1) is 21.3. The highest BCUT2D eigenvalue weighted by atomic mass is 35.5. The lowest BCUT2D eigenvalue weighted by molar-refractivity contribution is 0.0999. The molecule has 7 heteroatoms. The molecule has 1 aromatic heterocycles. The third-order valence-electron chi connectivity index (χ3n) is 5.30. The maximum Gasteiger partial charge on any atom is 0.256 e. The molecule has 0 unspecified atom stereocenters. The average Bonchev–Trinajstić information content (AvgIpc) is 3.04. The Bertz CT molecular complexity index is 1080. The van der Waals surface area contributed by atoms with Gasteiger partial charge in [0.05, 0.1) is 5.56 Å². The molecule has 2 aromatic carbocycles. The standard InChI is InChI=1S/C22H23N3O2S.ClH/c1-13(2)25-10-9-17-18(12-25)28-22(19(17)20(23)26)24-21(27)16-8-7-14-5-3-4-6-15(14)11-16;/h3-8,11,13H,9-10,12H2,1-2H3,(H2,23,26)(H,24,27);1H. The molecule has 0 spiro atoms. The lowest BCUT2D eigenvalue weighted by atomic mass is 10.0. The molecular weight excluding hydrogens is 406 g/mol. The molecule has 0 bridgehead atoms. The predicted octanol–water partition coefficient (Wildman–Crippen LogP) is 4.44. The third-order valence-corrected chi connectivity index (χ3v) is 6.43. The number of hydrogen-bond donors (Lipinski definition) is 2. The van der Waals surface area contributed by atoms with Gasteiger partial charge in [-0.25, -0.2) is 0 Å². The molecule has 0 radical (unpaired) electrons. The van der Waals surface area contributed by atoms with Gasteiger partial charge >= 0.3 is 0 Å². The van der Waals surface area contributed by atoms with Crippen LogP contribution in [0, 0.1) is 0 Å². The van der Waals surface area contributed by atoms with Crippen LogP contribution in [-0.4, -0.2) is 29.3 Å². The number of rotatable bonds is 4. The number of halogens is 1. The van der Waals surface area contributed by atoms with Crippen molar-refractivity contribution in [3.8, 4) is 0 Å². The first-order chi connectivity index (χ1) is 13.4. The number of fused-ring (bicyclic) bond motifs is 2. The summed E-state index contributed by atoms with van der Waals surface area (Å²) >= 11 is 1.46. The SMILES string of the molecule is CC(C)N1CCc2c(sc(NC(=O)c3ccc4ccccc4c3)c2C(N)=O)C1.Cl. The van der Waals surface area contributed by atoms with Crippen LogP contribution in [0.25, 0.3) is 10.8 Å². The molecule has 1 aliphatic rings. The predicted molar refractivity (Wildman–Crippen MR) is 121 cm³/mol. The van der Waals surface area contributed by atoms with Crippen molar-refractivity contribution in [3.05, 3.63) is 64.0 Å². The summed E-state index contributed by atoms with van der Waals surface area (Å²) in [5, 5.41) is 5.57. The van der Waals surface area contributed by atoms with Crippen molar-refractivity contribution < 1.29 is 9.59 Å². The summed E-state index contributed by atoms with van der Waals surface area (Å²) in [7, 11) is 0. The highest BCUT2D eigenvalue weighted by Gasteiger charge is 2.28. The number of nitrogens with zero attached hydrogens (tertiary/aromatic N) is 1. The number of nitrogens with two attached hydrogens (primary N) is 1. The molecule has 2 amide bonds. The van der Waals surface area contributed by atoms with E-state index in [1.165, 1.54) is 11.3 Å². The monoisotopic (exact) mass is 429 g/mol. The number of carbonyl (C=O) groups excluding carboxylic acids is 2. The van der Waals surface area contributed by atoms with Crippen LogP contribution in [0.4, 0.5) is 5.00 Å². The molecule has 0 fully saturated rings. The van der Waals surface area contributed by atoms with Crippen molar-refractivity contribution in [1.29, 1.82) is 0 Å². The average molecular weight is 430 g/mol. The zero-order valence-corrected chi connectivity index (χ0v) is 18.0. The minimum absolute atomic E-state index is 0. The quantitative estimate of drug-likeness (QED) is 0.643. The summed E-state index contributed by atoms with van der Waals surface area (Å²) in [5.74, 6) is -0.711. The van der Waals surface area contributed by atoms with Crippen molar-refractivity contribution in [2.45, 2.75) is 32.9 Å². The van der Waals surface area contributed by atoms with E-state index in [0.29, 0.717) is 22.2 Å². The first-order valence-corrected chi connectivity index (χ1v) is 10.2. The van der Waals surface area contributed by atoms with E-state index in [2.05, 4.69) is 24.1 Å². The molecule has 3 aromatic rings. The number of carbonyl (C=O) groups is 2. The van der Waals surface area contributed by atoms with Crippen LogP contribution in [0.3, 0.4) is 0 Å². The molecule has 3 N–H and O–H groups in total. The van der Waals surface area contributed by atoms with Crippen molar-refractivity contribution >= 4 is 51.3 Å². The van der Waals surface area contributed by atoms with Crippen molar-refractivity contribution in [3.63, 3.8) is 0 Å². The molecular formula is C22H24ClN3O2S. The molecule has 2 heterocycles. The maximum atomic E-state index is 12.9. The normalized spacial score (nSPS) is 13.8. The summed E-state index contributed by atoms with van der Waals surface area (Å²) < 4.78 is 0. The smallest absolute Gasteiger partial charge is 0.256 e. The van der Waals surface area contributed by atoms with Gasteiger partial charge in [-0.05, 0) is 48.7 Å². The summed E-state index contributed by atoms with van der Waals surface area (Å²) in [4.78, 5) is 28.5. The fourth-order valence-electron chi connectivity index (χ4n) is 3.72. The van der Waals surface area contributed by atoms with Gasteiger partial charge in [0.2, 0.25) is 0 Å². The van der Waals surface area contributed by atoms with Gasteiger partial charge in [0.25, 0.3) is 11.8 Å². The second-order valence-electron chi connectivity index (χ2n) is 7.40. The number of benzene rings is 2. The van der Waals surface area contributed by atoms with Crippen LogP contribution in [0.1, 0.15) is 45.0 Å². The van der Waals surface area contributed by atoms with Gasteiger partial charge in [-0.3, -0.25) is 14.5 Å². The number of nitrogens with one attached hydrogen (secondary N) is 1. The van der Waals surface area contributed by atoms with Gasteiger partial charge in [0.15, 0.2) is 0 Å². The molecule has 152 valence electrons. The van der Waals surface area contributed by atoms with E-state index in [1.54, 1.807) is 6.07 Å². The number of anilines is 1. The zero-order chi connectivity index (χ0) is 19.8. The van der Waals surface area contributed by atoms with E-state index in [-0.39, 0.29) is 18.3 Å². The van der Waals surface area contributed by atoms with Crippen LogP contribution >= 0.6 is 23.7 Å². The van der Waals surface area contributed by atoms with E-state index < -0.39 is 5.91 Å². The molecule has 0 saturated carbocycles. The van der Waals surface area contributed by atoms with Crippen molar-refractivity contribution in [1.82, 2.24) is 4.90 Å². The van der Waals surface area contributed by atoms with E-state index in [4.69, 9.17) is 5.73 Å². The van der Waals surface area contributed by atoms with E-state index in [1.807, 2.05) is 36.4 Å². The Morgan fingerprint density at radius 3 is 2.55 bits per heavy atom. The van der Waals surface area contributed by atoms with E-state index in [9.17, 15) is 9.59 Å². The van der Waals surface area contributed by atoms with Crippen LogP contribution in [0.15, 0.2) is 42.5 Å². The number of hydrogen-bond acceptors (Lipinski definition) is 4. The minimum Gasteiger partial charge on any atom is -0.365 e. The van der Waals surface area contributed by atoms with Crippen molar-refractivity contribution in [2.75, 3.05) is 11.9 Å². The molecule has 0 saturated heterocycles. The lowest BCUT2D eigenvalue weighted by Crippen LogP contribution is -2.35. The molecule has 5 nitrogen and oxygen atoms in total. The van der Waals surface area contributed by atoms with Gasteiger partial charge in [-0.15, -0.1) is 23.7 Å². The first-order valence-electron chi connectivity index (χ1n) is 9.42. The fourth-order valence-corrected chi connectivity index (χ4v) is 4.99. The number of primary amides is 1. The van der Waals surface area contributed by atoms with Gasteiger partial charge in [0, 0.05) is 29.6 Å². The Labute approximate surface area is 180 Å². The van der Waals surface area contributed by atoms with Crippen LogP contribution in [-0.2, 0) is 13.0 Å². The van der Waals surface area contributed by atoms with Gasteiger partial charge in [0.1, 0.15) is 5.00 Å². The highest BCUT2D eigenvalue weighted by molar-refractivity contribution is 7.17. The second-order valence-corrected chi connectivity index (χ2v) is 8.51. The highest BCUT2D eigenvalue weighted by Crippen LogP contribution is 2.37. The van der Waals surface area contributed by atoms with Crippen molar-refractivity contribution in [2.24, 2.45) is 5.73 Å². The Morgan fingerprint density at radius 2 is 1.86 bits per heavy atom. The third kappa shape index (κ3) is 4.15. The van der Waals surface area contributed by atoms with E-state index in [0.717, 1.165) is 40.7 Å². The van der Waals surface area contributed by atoms with Gasteiger partial charge in [-0.1, -0.05) is 30.3 Å². The second kappa shape index (κ2) is 8.53. The van der Waals surface area contributed by atoms with Gasteiger partial charge < -0.3 is 11.1 Å². The summed E-state index contributed by atoms with van der Waals surface area (Å²) in [6.07, 6.45) is 0.772. The number of amides is 2. The molecule has 0 aliphatic carbocycles. The van der Waals surface area contributed by atoms with Crippen LogP contribution in [0.5, 0.6) is 0 Å². The Morgan fingerprint density at radius 1 is 1.14 bits per heavy atom. The number of thiophene rings is 1. The molecule has 1 aliphatic heterocycles. The summed E-state index contributed by atoms with van der Waals surface area (Å²) in [6, 6.07) is 13.9. The van der Waals surface area contributed by atoms with E-state index >= 15 is 0 Å². The Kier molecular flexibility index (Phi) is 6.27. The zero-order valence-electron chi connectivity index (χ0n) is 16.4. The lowest BCUT2D eigenvalue weighted by Gasteiger charge is -2.30. The Balaban J connectivity index is 0.00000240. The molecule has 0 atom stereocenters. The topological polar surface area (TPSA) is 75.4 Å². The fraction of sp³-hybridized carbons (Fsp3) is 0.273. The van der Waals surface area contributed by atoms with Crippen LogP contribution in [0.2, 0.25) is 0 Å². The summed E-state index contributed by atoms with van der Waals surface area (Å²) in [5.41, 5.74) is 7.69. The van der Waals surface area contributed by atoms with Crippen LogP contribution < -0.4 is 11.1 Å². The molecule has 29 heavy (non-hydrogen) atoms. The Hall–Kier alpha value is -2.41. The molecule has 4 rings (SSSR count). The maximum absolute atomic E-state index is 12.9.